The molecule has 1 aromatic carbocycles. The minimum absolute atomic E-state index is 0.129. The van der Waals surface area contributed by atoms with Gasteiger partial charge in [-0.05, 0) is 41.7 Å². The van der Waals surface area contributed by atoms with E-state index < -0.39 is 14.1 Å². The van der Waals surface area contributed by atoms with Gasteiger partial charge in [0.2, 0.25) is 0 Å². The minimum atomic E-state index is -2.20. The summed E-state index contributed by atoms with van der Waals surface area (Å²) in [6.07, 6.45) is 0. The number of halogens is 2. The van der Waals surface area contributed by atoms with Crippen molar-refractivity contribution >= 4 is 30.0 Å². The van der Waals surface area contributed by atoms with Crippen molar-refractivity contribution in [2.75, 3.05) is 0 Å². The first kappa shape index (κ1) is 20.4. The number of carbonyl (C=O) groups excluding carboxylic acids is 1. The molecule has 0 saturated carbocycles. The summed E-state index contributed by atoms with van der Waals surface area (Å²) in [4.78, 5) is 11.6. The van der Waals surface area contributed by atoms with E-state index in [9.17, 15) is 9.18 Å². The van der Waals surface area contributed by atoms with E-state index in [4.69, 9.17) is 4.43 Å². The lowest BCUT2D eigenvalue weighted by atomic mass is 10.1. The predicted octanol–water partition coefficient (Wildman–Crippen LogP) is 6.35. The smallest absolute Gasteiger partial charge is 0.258 e. The lowest BCUT2D eigenvalue weighted by Crippen LogP contribution is -2.50. The van der Waals surface area contributed by atoms with Crippen molar-refractivity contribution in [3.8, 4) is 5.75 Å². The maximum absolute atomic E-state index is 14.5. The zero-order valence-electron chi connectivity index (χ0n) is 15.1. The van der Waals surface area contributed by atoms with Crippen molar-refractivity contribution in [1.82, 2.24) is 0 Å². The molecule has 0 aliphatic rings. The standard InChI is InChI=1S/C18H28BrFO2Si/c1-11(2)23(12(3)4,13(5)6)22-17-9-8-15(10-16(17)20)18(21)14(7)19/h8-14H,1-7H3. The topological polar surface area (TPSA) is 26.3 Å². The van der Waals surface area contributed by atoms with E-state index in [1.165, 1.54) is 6.07 Å². The highest BCUT2D eigenvalue weighted by Gasteiger charge is 2.47. The van der Waals surface area contributed by atoms with Gasteiger partial charge in [0.15, 0.2) is 11.6 Å². The Labute approximate surface area is 149 Å². The quantitative estimate of drug-likeness (QED) is 0.301. The summed E-state index contributed by atoms with van der Waals surface area (Å²) in [7, 11) is -2.20. The number of ketones is 1. The molecule has 2 nitrogen and oxygen atoms in total. The summed E-state index contributed by atoms with van der Waals surface area (Å²) in [5.41, 5.74) is 1.47. The number of rotatable bonds is 7. The molecule has 5 heteroatoms. The molecule has 0 aliphatic carbocycles. The molecular weight excluding hydrogens is 375 g/mol. The van der Waals surface area contributed by atoms with Gasteiger partial charge in [0.1, 0.15) is 5.75 Å². The van der Waals surface area contributed by atoms with Crippen LogP contribution in [-0.2, 0) is 0 Å². The van der Waals surface area contributed by atoms with E-state index in [0.717, 1.165) is 0 Å². The van der Waals surface area contributed by atoms with Crippen LogP contribution in [0.25, 0.3) is 0 Å². The molecule has 0 heterocycles. The van der Waals surface area contributed by atoms with Gasteiger partial charge in [0.05, 0.1) is 4.83 Å². The second-order valence-corrected chi connectivity index (χ2v) is 13.8. The SMILES string of the molecule is CC(Br)C(=O)c1ccc(O[Si](C(C)C)(C(C)C)C(C)C)c(F)c1. The first-order valence-corrected chi connectivity index (χ1v) is 11.3. The zero-order valence-corrected chi connectivity index (χ0v) is 17.7. The van der Waals surface area contributed by atoms with Gasteiger partial charge >= 0.3 is 0 Å². The van der Waals surface area contributed by atoms with Crippen molar-refractivity contribution in [1.29, 1.82) is 0 Å². The van der Waals surface area contributed by atoms with Crippen LogP contribution in [0.5, 0.6) is 5.75 Å². The first-order chi connectivity index (χ1) is 10.5. The summed E-state index contributed by atoms with van der Waals surface area (Å²) in [6, 6.07) is 4.54. The average molecular weight is 403 g/mol. The molecule has 130 valence electrons. The van der Waals surface area contributed by atoms with Gasteiger partial charge in [0.25, 0.3) is 8.32 Å². The van der Waals surface area contributed by atoms with Gasteiger partial charge in [-0.15, -0.1) is 0 Å². The normalized spacial score (nSPS) is 13.7. The van der Waals surface area contributed by atoms with E-state index in [1.807, 2.05) is 0 Å². The third-order valence-electron chi connectivity index (χ3n) is 4.57. The number of hydrogen-bond acceptors (Lipinski definition) is 2. The fraction of sp³-hybridized carbons (Fsp3) is 0.611. The summed E-state index contributed by atoms with van der Waals surface area (Å²) >= 11 is 3.23. The van der Waals surface area contributed by atoms with E-state index in [2.05, 4.69) is 57.5 Å². The molecule has 0 amide bonds. The molecule has 0 bridgehead atoms. The Morgan fingerprint density at radius 1 is 1.04 bits per heavy atom. The second-order valence-electron chi connectivity index (χ2n) is 7.05. The third kappa shape index (κ3) is 4.24. The van der Waals surface area contributed by atoms with Gasteiger partial charge in [-0.1, -0.05) is 57.5 Å². The molecular formula is C18H28BrFO2Si. The molecule has 1 atom stereocenters. The highest BCUT2D eigenvalue weighted by atomic mass is 79.9. The van der Waals surface area contributed by atoms with E-state index in [0.29, 0.717) is 22.2 Å². The maximum atomic E-state index is 14.5. The maximum Gasteiger partial charge on any atom is 0.258 e. The van der Waals surface area contributed by atoms with Crippen LogP contribution < -0.4 is 4.43 Å². The Hall–Kier alpha value is -0.683. The molecule has 1 aromatic rings. The lowest BCUT2D eigenvalue weighted by molar-refractivity contribution is 0.0995. The molecule has 0 N–H and O–H groups in total. The minimum Gasteiger partial charge on any atom is -0.541 e. The monoisotopic (exact) mass is 402 g/mol. The molecule has 0 aromatic heterocycles. The number of Topliss-reactive ketones (excluding diaryl/α,β-unsaturated/α-hetero) is 1. The summed E-state index contributed by atoms with van der Waals surface area (Å²) in [5, 5.41) is 0. The fourth-order valence-corrected chi connectivity index (χ4v) is 9.03. The van der Waals surface area contributed by atoms with Crippen molar-refractivity contribution < 1.29 is 13.6 Å². The molecule has 0 aliphatic heterocycles. The fourth-order valence-electron chi connectivity index (χ4n) is 3.51. The molecule has 1 unspecified atom stereocenters. The van der Waals surface area contributed by atoms with Crippen molar-refractivity contribution in [3.63, 3.8) is 0 Å². The van der Waals surface area contributed by atoms with E-state index in [1.54, 1.807) is 19.1 Å². The Balaban J connectivity index is 3.23. The van der Waals surface area contributed by atoms with Gasteiger partial charge in [-0.25, -0.2) is 4.39 Å². The van der Waals surface area contributed by atoms with Crippen LogP contribution in [0.15, 0.2) is 18.2 Å². The van der Waals surface area contributed by atoms with Crippen LogP contribution >= 0.6 is 15.9 Å². The van der Waals surface area contributed by atoms with Gasteiger partial charge in [-0.2, -0.15) is 0 Å². The average Bonchev–Trinajstić information content (AvgIpc) is 2.43. The molecule has 0 saturated heterocycles. The predicted molar refractivity (Wildman–Crippen MR) is 101 cm³/mol. The number of alkyl halides is 1. The highest BCUT2D eigenvalue weighted by Crippen LogP contribution is 2.43. The summed E-state index contributed by atoms with van der Waals surface area (Å²) in [6.45, 7) is 14.7. The van der Waals surface area contributed by atoms with Crippen LogP contribution in [0, 0.1) is 5.82 Å². The van der Waals surface area contributed by atoms with Crippen LogP contribution in [0.2, 0.25) is 16.6 Å². The summed E-state index contributed by atoms with van der Waals surface area (Å²) < 4.78 is 20.9. The summed E-state index contributed by atoms with van der Waals surface area (Å²) in [5.74, 6) is -0.315. The Bertz CT molecular complexity index is 534. The van der Waals surface area contributed by atoms with Crippen molar-refractivity contribution in [2.24, 2.45) is 0 Å². The number of benzene rings is 1. The molecule has 23 heavy (non-hydrogen) atoms. The van der Waals surface area contributed by atoms with Crippen molar-refractivity contribution in [3.05, 3.63) is 29.6 Å². The Morgan fingerprint density at radius 2 is 1.52 bits per heavy atom. The Kier molecular flexibility index (Phi) is 7.02. The van der Waals surface area contributed by atoms with Crippen molar-refractivity contribution in [2.45, 2.75) is 69.9 Å². The number of carbonyl (C=O) groups is 1. The lowest BCUT2D eigenvalue weighted by Gasteiger charge is -2.42. The van der Waals surface area contributed by atoms with Crippen LogP contribution in [0.1, 0.15) is 58.8 Å². The third-order valence-corrected chi connectivity index (χ3v) is 11.0. The van der Waals surface area contributed by atoms with Crippen LogP contribution in [-0.4, -0.2) is 18.9 Å². The van der Waals surface area contributed by atoms with Crippen LogP contribution in [0.4, 0.5) is 4.39 Å². The molecule has 0 radical (unpaired) electrons. The van der Waals surface area contributed by atoms with E-state index in [-0.39, 0.29) is 16.4 Å². The Morgan fingerprint density at radius 3 is 1.87 bits per heavy atom. The van der Waals surface area contributed by atoms with Gasteiger partial charge < -0.3 is 4.43 Å². The second kappa shape index (κ2) is 7.93. The first-order valence-electron chi connectivity index (χ1n) is 8.20. The van der Waals surface area contributed by atoms with E-state index >= 15 is 0 Å². The zero-order chi connectivity index (χ0) is 17.9. The highest BCUT2D eigenvalue weighted by molar-refractivity contribution is 9.10. The van der Waals surface area contributed by atoms with Crippen LogP contribution in [0.3, 0.4) is 0 Å². The molecule has 0 fully saturated rings. The molecule has 0 spiro atoms. The van der Waals surface area contributed by atoms with Gasteiger partial charge in [-0.3, -0.25) is 4.79 Å². The van der Waals surface area contributed by atoms with Gasteiger partial charge in [0, 0.05) is 5.56 Å². The molecule has 1 rings (SSSR count). The number of hydrogen-bond donors (Lipinski definition) is 0. The largest absolute Gasteiger partial charge is 0.541 e.